The number of hydrogen-bond acceptors (Lipinski definition) is 6. The van der Waals surface area contributed by atoms with Crippen LogP contribution in [0.25, 0.3) is 0 Å². The van der Waals surface area contributed by atoms with E-state index in [4.69, 9.17) is 9.47 Å². The minimum Gasteiger partial charge on any atom is -0.495 e. The summed E-state index contributed by atoms with van der Waals surface area (Å²) in [5.41, 5.74) is -0.0287. The van der Waals surface area contributed by atoms with E-state index >= 15 is 0 Å². The van der Waals surface area contributed by atoms with Crippen LogP contribution in [0.4, 0.5) is 35.3 Å². The van der Waals surface area contributed by atoms with Crippen molar-refractivity contribution in [2.45, 2.75) is 13.1 Å². The van der Waals surface area contributed by atoms with Gasteiger partial charge in [-0.05, 0) is 31.2 Å². The molecule has 0 radical (unpaired) electrons. The van der Waals surface area contributed by atoms with Gasteiger partial charge in [-0.2, -0.15) is 13.2 Å². The second-order valence-electron chi connectivity index (χ2n) is 5.49. The predicted molar refractivity (Wildman–Crippen MR) is 86.7 cm³/mol. The molecule has 2 heterocycles. The number of rotatable bonds is 4. The monoisotopic (exact) mass is 368 g/mol. The number of nitrogens with one attached hydrogen (secondary N) is 1. The molecule has 7 nitrogen and oxygen atoms in total. The topological polar surface area (TPSA) is 76.6 Å². The standard InChI is InChI=1S/C16H15F3N4O3/c1-9-7-13(16(17,18)19)22-14(20-9)21-10-3-4-12(25-2)11(8-10)23-5-6-26-15(23)24/h3-4,7-8H,5-6H2,1-2H3,(H,20,21,22). The molecule has 3 rings (SSSR count). The van der Waals surface area contributed by atoms with Gasteiger partial charge in [0.1, 0.15) is 18.1 Å². The van der Waals surface area contributed by atoms with E-state index in [-0.39, 0.29) is 18.2 Å². The molecule has 0 saturated carbocycles. The summed E-state index contributed by atoms with van der Waals surface area (Å²) in [6.45, 7) is 2.04. The quantitative estimate of drug-likeness (QED) is 0.890. The van der Waals surface area contributed by atoms with Crippen molar-refractivity contribution in [2.24, 2.45) is 0 Å². The Hall–Kier alpha value is -3.04. The van der Waals surface area contributed by atoms with E-state index in [2.05, 4.69) is 15.3 Å². The van der Waals surface area contributed by atoms with Gasteiger partial charge in [0.15, 0.2) is 0 Å². The Morgan fingerprint density at radius 2 is 2.04 bits per heavy atom. The molecule has 10 heteroatoms. The van der Waals surface area contributed by atoms with Gasteiger partial charge < -0.3 is 14.8 Å². The number of aromatic nitrogens is 2. The Labute approximate surface area is 146 Å². The number of carbonyl (C=O) groups is 1. The molecule has 0 spiro atoms. The third-order valence-electron chi connectivity index (χ3n) is 3.63. The van der Waals surface area contributed by atoms with Crippen LogP contribution >= 0.6 is 0 Å². The fraction of sp³-hybridized carbons (Fsp3) is 0.312. The number of anilines is 3. The van der Waals surface area contributed by atoms with Crippen molar-refractivity contribution in [1.29, 1.82) is 0 Å². The second-order valence-corrected chi connectivity index (χ2v) is 5.49. The van der Waals surface area contributed by atoms with E-state index in [1.165, 1.54) is 18.9 Å². The summed E-state index contributed by atoms with van der Waals surface area (Å²) in [4.78, 5) is 20.6. The lowest BCUT2D eigenvalue weighted by molar-refractivity contribution is -0.141. The second kappa shape index (κ2) is 6.70. The zero-order valence-electron chi connectivity index (χ0n) is 13.9. The molecule has 1 aromatic heterocycles. The van der Waals surface area contributed by atoms with Gasteiger partial charge in [-0.1, -0.05) is 0 Å². The average Bonchev–Trinajstić information content (AvgIpc) is 2.99. The maximum Gasteiger partial charge on any atom is 0.433 e. The van der Waals surface area contributed by atoms with Crippen LogP contribution in [0.5, 0.6) is 5.75 Å². The average molecular weight is 368 g/mol. The highest BCUT2D eigenvalue weighted by Crippen LogP contribution is 2.34. The van der Waals surface area contributed by atoms with Crippen LogP contribution in [-0.2, 0) is 10.9 Å². The maximum atomic E-state index is 12.9. The van der Waals surface area contributed by atoms with Gasteiger partial charge in [0.25, 0.3) is 0 Å². The van der Waals surface area contributed by atoms with Gasteiger partial charge in [0.05, 0.1) is 19.3 Å². The Balaban J connectivity index is 1.93. The van der Waals surface area contributed by atoms with Crippen molar-refractivity contribution in [3.63, 3.8) is 0 Å². The van der Waals surface area contributed by atoms with E-state index in [1.807, 2.05) is 0 Å². The number of hydrogen-bond donors (Lipinski definition) is 1. The van der Waals surface area contributed by atoms with E-state index < -0.39 is 18.0 Å². The summed E-state index contributed by atoms with van der Waals surface area (Å²) in [5.74, 6) is 0.230. The molecule has 2 aromatic rings. The molecule has 1 aromatic carbocycles. The number of methoxy groups -OCH3 is 1. The number of halogens is 3. The summed E-state index contributed by atoms with van der Waals surface area (Å²) in [5, 5.41) is 2.73. The van der Waals surface area contributed by atoms with Crippen LogP contribution in [0.1, 0.15) is 11.4 Å². The Bertz CT molecular complexity index is 842. The molecule has 1 N–H and O–H groups in total. The van der Waals surface area contributed by atoms with Crippen molar-refractivity contribution in [3.8, 4) is 5.75 Å². The van der Waals surface area contributed by atoms with E-state index in [0.29, 0.717) is 23.7 Å². The van der Waals surface area contributed by atoms with Crippen molar-refractivity contribution in [3.05, 3.63) is 35.7 Å². The van der Waals surface area contributed by atoms with Gasteiger partial charge in [-0.3, -0.25) is 4.90 Å². The first kappa shape index (κ1) is 17.8. The number of amides is 1. The van der Waals surface area contributed by atoms with Crippen molar-refractivity contribution < 1.29 is 27.4 Å². The van der Waals surface area contributed by atoms with Crippen molar-refractivity contribution in [2.75, 3.05) is 30.5 Å². The fourth-order valence-corrected chi connectivity index (χ4v) is 2.49. The molecule has 1 aliphatic heterocycles. The summed E-state index contributed by atoms with van der Waals surface area (Å²) < 4.78 is 48.9. The molecule has 1 amide bonds. The maximum absolute atomic E-state index is 12.9. The third kappa shape index (κ3) is 3.63. The van der Waals surface area contributed by atoms with Gasteiger partial charge >= 0.3 is 12.3 Å². The molecular formula is C16H15F3N4O3. The SMILES string of the molecule is COc1ccc(Nc2nc(C)cc(C(F)(F)F)n2)cc1N1CCOC1=O. The molecule has 1 aliphatic rings. The first-order valence-electron chi connectivity index (χ1n) is 7.60. The zero-order valence-corrected chi connectivity index (χ0v) is 13.9. The van der Waals surface area contributed by atoms with E-state index in [1.54, 1.807) is 18.2 Å². The number of benzene rings is 1. The molecule has 0 aliphatic carbocycles. The van der Waals surface area contributed by atoms with Crippen molar-refractivity contribution in [1.82, 2.24) is 9.97 Å². The lowest BCUT2D eigenvalue weighted by atomic mass is 10.2. The molecule has 26 heavy (non-hydrogen) atoms. The molecular weight excluding hydrogens is 353 g/mol. The highest BCUT2D eigenvalue weighted by molar-refractivity contribution is 5.92. The predicted octanol–water partition coefficient (Wildman–Crippen LogP) is 3.51. The summed E-state index contributed by atoms with van der Waals surface area (Å²) in [7, 11) is 1.45. The highest BCUT2D eigenvalue weighted by atomic mass is 19.4. The normalized spacial score (nSPS) is 14.3. The molecule has 0 bridgehead atoms. The summed E-state index contributed by atoms with van der Waals surface area (Å²) >= 11 is 0. The first-order valence-corrected chi connectivity index (χ1v) is 7.60. The van der Waals surface area contributed by atoms with Gasteiger partial charge in [-0.15, -0.1) is 0 Å². The van der Waals surface area contributed by atoms with Crippen LogP contribution in [0, 0.1) is 6.92 Å². The van der Waals surface area contributed by atoms with Crippen molar-refractivity contribution >= 4 is 23.4 Å². The summed E-state index contributed by atoms with van der Waals surface area (Å²) in [6, 6.07) is 5.60. The number of cyclic esters (lactones) is 1. The third-order valence-corrected chi connectivity index (χ3v) is 3.63. The van der Waals surface area contributed by atoms with Crippen LogP contribution in [-0.4, -0.2) is 36.3 Å². The number of carbonyl (C=O) groups excluding carboxylic acids is 1. The number of alkyl halides is 3. The number of ether oxygens (including phenoxy) is 2. The Morgan fingerprint density at radius 3 is 2.65 bits per heavy atom. The summed E-state index contributed by atoms with van der Waals surface area (Å²) in [6.07, 6.45) is -5.10. The first-order chi connectivity index (χ1) is 12.3. The fourth-order valence-electron chi connectivity index (χ4n) is 2.49. The molecule has 0 atom stereocenters. The molecule has 0 unspecified atom stereocenters. The van der Waals surface area contributed by atoms with Crippen LogP contribution in [0.3, 0.4) is 0 Å². The minimum absolute atomic E-state index is 0.173. The number of nitrogens with zero attached hydrogens (tertiary/aromatic N) is 3. The molecule has 1 saturated heterocycles. The van der Waals surface area contributed by atoms with Crippen LogP contribution in [0.15, 0.2) is 24.3 Å². The Kier molecular flexibility index (Phi) is 4.58. The van der Waals surface area contributed by atoms with E-state index in [0.717, 1.165) is 6.07 Å². The molecule has 138 valence electrons. The lowest BCUT2D eigenvalue weighted by Gasteiger charge is -2.18. The Morgan fingerprint density at radius 1 is 1.27 bits per heavy atom. The lowest BCUT2D eigenvalue weighted by Crippen LogP contribution is -2.24. The minimum atomic E-state index is -4.57. The van der Waals surface area contributed by atoms with Gasteiger partial charge in [-0.25, -0.2) is 14.8 Å². The smallest absolute Gasteiger partial charge is 0.433 e. The highest BCUT2D eigenvalue weighted by Gasteiger charge is 2.33. The zero-order chi connectivity index (χ0) is 18.9. The van der Waals surface area contributed by atoms with Crippen LogP contribution < -0.4 is 15.0 Å². The van der Waals surface area contributed by atoms with Crippen LogP contribution in [0.2, 0.25) is 0 Å². The van der Waals surface area contributed by atoms with E-state index in [9.17, 15) is 18.0 Å². The molecule has 1 fully saturated rings. The largest absolute Gasteiger partial charge is 0.495 e. The van der Waals surface area contributed by atoms with Gasteiger partial charge in [0.2, 0.25) is 5.95 Å². The van der Waals surface area contributed by atoms with Gasteiger partial charge in [0, 0.05) is 11.4 Å². The number of aryl methyl sites for hydroxylation is 1.